The predicted molar refractivity (Wildman–Crippen MR) is 298 cm³/mol. The second-order valence-electron chi connectivity index (χ2n) is 20.5. The fourth-order valence-corrected chi connectivity index (χ4v) is 8.98. The third-order valence-corrected chi connectivity index (χ3v) is 13.8. The number of hydrogen-bond donors (Lipinski definition) is 0. The zero-order chi connectivity index (χ0) is 51.8. The van der Waals surface area contributed by atoms with Crippen LogP contribution in [0.5, 0.6) is 0 Å². The monoisotopic (exact) mass is 991 g/mol. The molecule has 0 N–H and O–H groups in total. The highest BCUT2D eigenvalue weighted by atomic mass is 16.5. The number of hydrogen-bond acceptors (Lipinski definition) is 8. The van der Waals surface area contributed by atoms with E-state index in [1.165, 1.54) is 154 Å². The number of esters is 2. The lowest BCUT2D eigenvalue weighted by Crippen LogP contribution is -2.39. The van der Waals surface area contributed by atoms with Crippen molar-refractivity contribution >= 4 is 24.3 Å². The van der Waals surface area contributed by atoms with E-state index in [4.69, 9.17) is 14.2 Å². The Morgan fingerprint density at radius 3 is 1.24 bits per heavy atom. The summed E-state index contributed by atoms with van der Waals surface area (Å²) in [7, 11) is 0. The largest absolute Gasteiger partial charge is 0.467 e. The summed E-state index contributed by atoms with van der Waals surface area (Å²) in [5.74, 6) is -0.0789. The highest BCUT2D eigenvalue weighted by Gasteiger charge is 2.21. The minimum absolute atomic E-state index is 0.102. The van der Waals surface area contributed by atoms with Gasteiger partial charge in [-0.3, -0.25) is 19.2 Å². The molecule has 0 rings (SSSR count). The van der Waals surface area contributed by atoms with E-state index in [2.05, 4.69) is 65.5 Å². The molecule has 1 amide bonds. The molecule has 9 heteroatoms. The van der Waals surface area contributed by atoms with E-state index in [1.807, 2.05) is 4.90 Å². The first-order valence-corrected chi connectivity index (χ1v) is 30.3. The standard InChI is InChI=1S/C43H82N2O7.C18H36/c1-6-11-14-17-22-29-41(47)45(33-26-25-32-44(9-4)10-5)34-40(35-50-38-46)37-52-43(49)31-24-19-18-23-30-42(48)51-36-39(27-20-15-12-7-2)28-21-16-13-8-3;1-3-5-7-9-11-13-15-17-18-16-14-12-10-8-6-4-2/h38-40H,6-37H2,1-5H3;17-18H,3-16H2,1-2H3/b;18-17-. The molecule has 1 unspecified atom stereocenters. The van der Waals surface area contributed by atoms with E-state index < -0.39 is 0 Å². The van der Waals surface area contributed by atoms with Gasteiger partial charge in [0.2, 0.25) is 5.91 Å². The summed E-state index contributed by atoms with van der Waals surface area (Å²) in [6.07, 6.45) is 48.4. The molecule has 0 bridgehead atoms. The Balaban J connectivity index is 0. The smallest absolute Gasteiger partial charge is 0.305 e. The predicted octanol–water partition coefficient (Wildman–Crippen LogP) is 17.1. The summed E-state index contributed by atoms with van der Waals surface area (Å²) in [6.45, 7) is 20.8. The highest BCUT2D eigenvalue weighted by molar-refractivity contribution is 5.76. The van der Waals surface area contributed by atoms with Crippen molar-refractivity contribution in [2.75, 3.05) is 52.5 Å². The Morgan fingerprint density at radius 2 is 0.800 bits per heavy atom. The van der Waals surface area contributed by atoms with Crippen LogP contribution < -0.4 is 0 Å². The van der Waals surface area contributed by atoms with Crippen LogP contribution in [0.2, 0.25) is 0 Å². The molecule has 0 aromatic carbocycles. The van der Waals surface area contributed by atoms with Gasteiger partial charge in [0.1, 0.15) is 0 Å². The van der Waals surface area contributed by atoms with Crippen LogP contribution in [0.1, 0.15) is 292 Å². The Hall–Kier alpha value is -2.42. The quantitative estimate of drug-likeness (QED) is 0.0195. The molecule has 0 aromatic rings. The van der Waals surface area contributed by atoms with Gasteiger partial charge in [0.05, 0.1) is 19.8 Å². The van der Waals surface area contributed by atoms with Gasteiger partial charge in [-0.25, -0.2) is 0 Å². The molecule has 0 aromatic heterocycles. The Bertz CT molecular complexity index is 1110. The molecule has 414 valence electrons. The molecule has 0 aliphatic rings. The van der Waals surface area contributed by atoms with Crippen molar-refractivity contribution < 1.29 is 33.4 Å². The molecule has 70 heavy (non-hydrogen) atoms. The maximum Gasteiger partial charge on any atom is 0.305 e. The SMILES string of the molecule is CCCCCCCC(=O)N(CCCCN(CC)CC)CC(COC=O)COC(=O)CCCCCCC(=O)OCC(CCCCCC)CCCCCC.CCCCCCCC/C=C\CCCCCCCC. The molecule has 9 nitrogen and oxygen atoms in total. The number of unbranched alkanes of at least 4 members (excludes halogenated alkanes) is 26. The third-order valence-electron chi connectivity index (χ3n) is 13.8. The van der Waals surface area contributed by atoms with Gasteiger partial charge in [0.25, 0.3) is 6.47 Å². The minimum Gasteiger partial charge on any atom is -0.467 e. The normalized spacial score (nSPS) is 11.8. The van der Waals surface area contributed by atoms with Gasteiger partial charge < -0.3 is 24.0 Å². The van der Waals surface area contributed by atoms with Crippen LogP contribution in [0, 0.1) is 11.8 Å². The summed E-state index contributed by atoms with van der Waals surface area (Å²) in [6, 6.07) is 0. The average Bonchev–Trinajstić information content (AvgIpc) is 3.36. The lowest BCUT2D eigenvalue weighted by molar-refractivity contribution is -0.147. The van der Waals surface area contributed by atoms with Crippen LogP contribution in [0.15, 0.2) is 12.2 Å². The van der Waals surface area contributed by atoms with Crippen LogP contribution in [0.25, 0.3) is 0 Å². The van der Waals surface area contributed by atoms with E-state index in [-0.39, 0.29) is 37.0 Å². The summed E-state index contributed by atoms with van der Waals surface area (Å²) in [5, 5.41) is 0. The Kier molecular flexibility index (Phi) is 57.2. The van der Waals surface area contributed by atoms with E-state index in [1.54, 1.807) is 0 Å². The van der Waals surface area contributed by atoms with Gasteiger partial charge in [0.15, 0.2) is 0 Å². The zero-order valence-electron chi connectivity index (χ0n) is 47.7. The van der Waals surface area contributed by atoms with Crippen LogP contribution in [0.3, 0.4) is 0 Å². The van der Waals surface area contributed by atoms with Crippen LogP contribution in [0.4, 0.5) is 0 Å². The van der Waals surface area contributed by atoms with Gasteiger partial charge in [-0.2, -0.15) is 0 Å². The molecule has 0 aliphatic heterocycles. The Labute approximate surface area is 434 Å². The van der Waals surface area contributed by atoms with Gasteiger partial charge >= 0.3 is 11.9 Å². The van der Waals surface area contributed by atoms with E-state index in [0.29, 0.717) is 57.8 Å². The first-order chi connectivity index (χ1) is 34.3. The van der Waals surface area contributed by atoms with Gasteiger partial charge in [-0.1, -0.05) is 215 Å². The van der Waals surface area contributed by atoms with Gasteiger partial charge in [0, 0.05) is 38.3 Å². The number of nitrogens with zero attached hydrogens (tertiary/aromatic N) is 2. The maximum atomic E-state index is 13.3. The lowest BCUT2D eigenvalue weighted by Gasteiger charge is -2.28. The third kappa shape index (κ3) is 50.5. The van der Waals surface area contributed by atoms with Crippen molar-refractivity contribution in [3.05, 3.63) is 12.2 Å². The molecule has 0 saturated carbocycles. The first kappa shape index (κ1) is 69.7. The molecule has 0 heterocycles. The maximum absolute atomic E-state index is 13.3. The molecule has 0 aliphatic carbocycles. The van der Waals surface area contributed by atoms with E-state index in [9.17, 15) is 19.2 Å². The second kappa shape index (κ2) is 57.5. The molecule has 1 atom stereocenters. The Morgan fingerprint density at radius 1 is 0.414 bits per heavy atom. The number of ether oxygens (including phenoxy) is 3. The molecular formula is C61H118N2O7. The van der Waals surface area contributed by atoms with Gasteiger partial charge in [-0.05, 0) is 96.2 Å². The van der Waals surface area contributed by atoms with Crippen molar-refractivity contribution in [3.63, 3.8) is 0 Å². The average molecular weight is 992 g/mol. The summed E-state index contributed by atoms with van der Waals surface area (Å²) in [4.78, 5) is 53.7. The summed E-state index contributed by atoms with van der Waals surface area (Å²) < 4.78 is 16.4. The summed E-state index contributed by atoms with van der Waals surface area (Å²) in [5.41, 5.74) is 0. The fourth-order valence-electron chi connectivity index (χ4n) is 8.98. The van der Waals surface area contributed by atoms with Crippen LogP contribution in [-0.2, 0) is 33.4 Å². The zero-order valence-corrected chi connectivity index (χ0v) is 47.7. The van der Waals surface area contributed by atoms with Gasteiger partial charge in [-0.15, -0.1) is 0 Å². The minimum atomic E-state index is -0.285. The van der Waals surface area contributed by atoms with Crippen molar-refractivity contribution in [2.24, 2.45) is 11.8 Å². The van der Waals surface area contributed by atoms with E-state index >= 15 is 0 Å². The topological polar surface area (TPSA) is 102 Å². The molecular weight excluding hydrogens is 873 g/mol. The number of allylic oxidation sites excluding steroid dienone is 2. The lowest BCUT2D eigenvalue weighted by atomic mass is 9.95. The second-order valence-corrected chi connectivity index (χ2v) is 20.5. The molecule has 0 fully saturated rings. The first-order valence-electron chi connectivity index (χ1n) is 30.3. The van der Waals surface area contributed by atoms with Crippen molar-refractivity contribution in [2.45, 2.75) is 292 Å². The van der Waals surface area contributed by atoms with Crippen molar-refractivity contribution in [3.8, 4) is 0 Å². The molecule has 0 radical (unpaired) electrons. The number of carbonyl (C=O) groups excluding carboxylic acids is 4. The van der Waals surface area contributed by atoms with Crippen LogP contribution in [-0.4, -0.2) is 86.7 Å². The number of amides is 1. The van der Waals surface area contributed by atoms with Crippen LogP contribution >= 0.6 is 0 Å². The van der Waals surface area contributed by atoms with Crippen molar-refractivity contribution in [1.29, 1.82) is 0 Å². The van der Waals surface area contributed by atoms with Crippen molar-refractivity contribution in [1.82, 2.24) is 9.80 Å². The fraction of sp³-hybridized carbons (Fsp3) is 0.902. The molecule has 0 spiro atoms. The summed E-state index contributed by atoms with van der Waals surface area (Å²) >= 11 is 0. The van der Waals surface area contributed by atoms with E-state index in [0.717, 1.165) is 83.8 Å². The number of carbonyl (C=O) groups is 4. The highest BCUT2D eigenvalue weighted by Crippen LogP contribution is 2.20. The molecule has 0 saturated heterocycles. The number of rotatable bonds is 53.